The van der Waals surface area contributed by atoms with Crippen LogP contribution in [0, 0.1) is 0 Å². The van der Waals surface area contributed by atoms with Gasteiger partial charge in [0.15, 0.2) is 0 Å². The molecule has 5 heteroatoms. The standard InChI is InChI=1S/C19H18N4O/c1-22(2)12-16-19(21-17-5-3-4-10-23(16)17)14-6-8-15-13(11-14)7-9-18(24)20-15/h3-11H,12H2,1-2H3,(H,20,24). The van der Waals surface area contributed by atoms with Crippen LogP contribution in [0.1, 0.15) is 5.69 Å². The number of rotatable bonds is 3. The van der Waals surface area contributed by atoms with Gasteiger partial charge in [-0.25, -0.2) is 4.98 Å². The fourth-order valence-electron chi connectivity index (χ4n) is 3.03. The molecular weight excluding hydrogens is 300 g/mol. The van der Waals surface area contributed by atoms with Gasteiger partial charge in [0, 0.05) is 29.9 Å². The highest BCUT2D eigenvalue weighted by Crippen LogP contribution is 2.27. The molecule has 4 aromatic rings. The summed E-state index contributed by atoms with van der Waals surface area (Å²) in [6.45, 7) is 0.796. The van der Waals surface area contributed by atoms with Gasteiger partial charge >= 0.3 is 0 Å². The summed E-state index contributed by atoms with van der Waals surface area (Å²) in [6, 6.07) is 15.5. The molecule has 3 heterocycles. The Kier molecular flexibility index (Phi) is 3.43. The minimum absolute atomic E-state index is 0.0868. The first-order chi connectivity index (χ1) is 11.6. The van der Waals surface area contributed by atoms with Gasteiger partial charge in [0.25, 0.3) is 0 Å². The number of nitrogens with one attached hydrogen (secondary N) is 1. The largest absolute Gasteiger partial charge is 0.322 e. The lowest BCUT2D eigenvalue weighted by Gasteiger charge is -2.11. The zero-order valence-corrected chi connectivity index (χ0v) is 13.7. The van der Waals surface area contributed by atoms with E-state index in [0.29, 0.717) is 0 Å². The number of hydrogen-bond acceptors (Lipinski definition) is 3. The van der Waals surface area contributed by atoms with E-state index in [9.17, 15) is 4.79 Å². The van der Waals surface area contributed by atoms with E-state index in [4.69, 9.17) is 4.98 Å². The molecule has 0 aliphatic rings. The van der Waals surface area contributed by atoms with Gasteiger partial charge in [0.05, 0.1) is 11.4 Å². The van der Waals surface area contributed by atoms with Crippen LogP contribution in [0.3, 0.4) is 0 Å². The van der Waals surface area contributed by atoms with E-state index in [1.54, 1.807) is 6.07 Å². The van der Waals surface area contributed by atoms with Gasteiger partial charge in [0.1, 0.15) is 5.65 Å². The number of hydrogen-bond donors (Lipinski definition) is 1. The molecule has 3 aromatic heterocycles. The summed E-state index contributed by atoms with van der Waals surface area (Å²) in [4.78, 5) is 21.3. The maximum atomic E-state index is 11.5. The van der Waals surface area contributed by atoms with Gasteiger partial charge in [-0.15, -0.1) is 0 Å². The van der Waals surface area contributed by atoms with E-state index in [0.717, 1.165) is 40.0 Å². The van der Waals surface area contributed by atoms with Crippen molar-refractivity contribution in [3.8, 4) is 11.3 Å². The molecule has 120 valence electrons. The quantitative estimate of drug-likeness (QED) is 0.632. The smallest absolute Gasteiger partial charge is 0.248 e. The van der Waals surface area contributed by atoms with Crippen molar-refractivity contribution in [1.82, 2.24) is 19.3 Å². The molecule has 0 fully saturated rings. The minimum atomic E-state index is -0.0868. The van der Waals surface area contributed by atoms with E-state index < -0.39 is 0 Å². The molecule has 0 bridgehead atoms. The van der Waals surface area contributed by atoms with Gasteiger partial charge in [-0.1, -0.05) is 12.1 Å². The van der Waals surface area contributed by atoms with Crippen molar-refractivity contribution >= 4 is 16.6 Å². The topological polar surface area (TPSA) is 53.4 Å². The Morgan fingerprint density at radius 2 is 2.00 bits per heavy atom. The summed E-state index contributed by atoms with van der Waals surface area (Å²) >= 11 is 0. The fraction of sp³-hybridized carbons (Fsp3) is 0.158. The molecule has 0 amide bonds. The van der Waals surface area contributed by atoms with Crippen LogP contribution in [0.25, 0.3) is 27.8 Å². The first-order valence-electron chi connectivity index (χ1n) is 7.86. The highest BCUT2D eigenvalue weighted by Gasteiger charge is 2.14. The third kappa shape index (κ3) is 2.49. The monoisotopic (exact) mass is 318 g/mol. The lowest BCUT2D eigenvalue weighted by atomic mass is 10.1. The Bertz CT molecular complexity index is 1090. The highest BCUT2D eigenvalue weighted by molar-refractivity contribution is 5.84. The Labute approximate surface area is 139 Å². The van der Waals surface area contributed by atoms with E-state index in [-0.39, 0.29) is 5.56 Å². The normalized spacial score (nSPS) is 11.6. The predicted octanol–water partition coefficient (Wildman–Crippen LogP) is 2.90. The molecule has 0 spiro atoms. The zero-order chi connectivity index (χ0) is 16.7. The maximum absolute atomic E-state index is 11.5. The number of fused-ring (bicyclic) bond motifs is 2. The number of aromatic nitrogens is 3. The van der Waals surface area contributed by atoms with E-state index in [1.165, 1.54) is 0 Å². The first kappa shape index (κ1) is 14.7. The molecule has 5 nitrogen and oxygen atoms in total. The Hall–Kier alpha value is -2.92. The molecule has 0 radical (unpaired) electrons. The molecule has 0 atom stereocenters. The molecule has 0 saturated heterocycles. The number of pyridine rings is 2. The highest BCUT2D eigenvalue weighted by atomic mass is 16.1. The summed E-state index contributed by atoms with van der Waals surface area (Å²) < 4.78 is 2.13. The molecule has 4 rings (SSSR count). The average molecular weight is 318 g/mol. The molecule has 0 aliphatic heterocycles. The Morgan fingerprint density at radius 1 is 1.12 bits per heavy atom. The molecular formula is C19H18N4O. The number of aromatic amines is 1. The van der Waals surface area contributed by atoms with Gasteiger partial charge in [-0.05, 0) is 49.8 Å². The zero-order valence-electron chi connectivity index (χ0n) is 13.7. The van der Waals surface area contributed by atoms with Crippen molar-refractivity contribution in [3.63, 3.8) is 0 Å². The second-order valence-corrected chi connectivity index (χ2v) is 6.20. The number of nitrogens with zero attached hydrogens (tertiary/aromatic N) is 3. The van der Waals surface area contributed by atoms with Crippen LogP contribution < -0.4 is 5.56 Å². The number of H-pyrrole nitrogens is 1. The van der Waals surface area contributed by atoms with Crippen LogP contribution in [-0.4, -0.2) is 33.4 Å². The van der Waals surface area contributed by atoms with Crippen molar-refractivity contribution in [3.05, 3.63) is 70.8 Å². The summed E-state index contributed by atoms with van der Waals surface area (Å²) in [5.74, 6) is 0. The van der Waals surface area contributed by atoms with Crippen molar-refractivity contribution < 1.29 is 0 Å². The molecule has 0 aliphatic carbocycles. The molecule has 0 unspecified atom stereocenters. The minimum Gasteiger partial charge on any atom is -0.322 e. The van der Waals surface area contributed by atoms with E-state index in [1.807, 2.05) is 42.6 Å². The van der Waals surface area contributed by atoms with E-state index >= 15 is 0 Å². The second kappa shape index (κ2) is 5.62. The second-order valence-electron chi connectivity index (χ2n) is 6.20. The van der Waals surface area contributed by atoms with Crippen molar-refractivity contribution in [2.24, 2.45) is 0 Å². The van der Waals surface area contributed by atoms with E-state index in [2.05, 4.69) is 34.4 Å². The molecule has 24 heavy (non-hydrogen) atoms. The van der Waals surface area contributed by atoms with Crippen LogP contribution in [0.15, 0.2) is 59.5 Å². The molecule has 0 saturated carbocycles. The number of imidazole rings is 1. The third-order valence-electron chi connectivity index (χ3n) is 4.09. The number of benzene rings is 1. The summed E-state index contributed by atoms with van der Waals surface area (Å²) in [5, 5.41) is 1.000. The van der Waals surface area contributed by atoms with Crippen molar-refractivity contribution in [1.29, 1.82) is 0 Å². The fourth-order valence-corrected chi connectivity index (χ4v) is 3.03. The van der Waals surface area contributed by atoms with Crippen molar-refractivity contribution in [2.75, 3.05) is 14.1 Å². The van der Waals surface area contributed by atoms with Gasteiger partial charge in [-0.3, -0.25) is 4.79 Å². The van der Waals surface area contributed by atoms with Gasteiger partial charge in [-0.2, -0.15) is 0 Å². The average Bonchev–Trinajstić information content (AvgIpc) is 2.92. The van der Waals surface area contributed by atoms with Crippen LogP contribution in [0.2, 0.25) is 0 Å². The predicted molar refractivity (Wildman–Crippen MR) is 96.1 cm³/mol. The third-order valence-corrected chi connectivity index (χ3v) is 4.09. The first-order valence-corrected chi connectivity index (χ1v) is 7.86. The van der Waals surface area contributed by atoms with Crippen LogP contribution >= 0.6 is 0 Å². The van der Waals surface area contributed by atoms with Gasteiger partial charge in [0.2, 0.25) is 5.56 Å². The SMILES string of the molecule is CN(C)Cc1c(-c2ccc3[nH]c(=O)ccc3c2)nc2ccccn12. The van der Waals surface area contributed by atoms with Crippen LogP contribution in [0.5, 0.6) is 0 Å². The summed E-state index contributed by atoms with van der Waals surface area (Å²) in [7, 11) is 4.11. The molecule has 1 N–H and O–H groups in total. The summed E-state index contributed by atoms with van der Waals surface area (Å²) in [5.41, 5.74) is 4.86. The Balaban J connectivity index is 1.95. The van der Waals surface area contributed by atoms with Crippen molar-refractivity contribution in [2.45, 2.75) is 6.54 Å². The Morgan fingerprint density at radius 3 is 2.83 bits per heavy atom. The summed E-state index contributed by atoms with van der Waals surface area (Å²) in [6.07, 6.45) is 2.04. The molecule has 1 aromatic carbocycles. The lowest BCUT2D eigenvalue weighted by molar-refractivity contribution is 0.396. The maximum Gasteiger partial charge on any atom is 0.248 e. The van der Waals surface area contributed by atoms with Gasteiger partial charge < -0.3 is 14.3 Å². The van der Waals surface area contributed by atoms with Crippen LogP contribution in [-0.2, 0) is 6.54 Å². The van der Waals surface area contributed by atoms with Crippen LogP contribution in [0.4, 0.5) is 0 Å². The lowest BCUT2D eigenvalue weighted by Crippen LogP contribution is -2.13.